The van der Waals surface area contributed by atoms with Crippen LogP contribution in [-0.4, -0.2) is 97.7 Å². The highest BCUT2D eigenvalue weighted by Gasteiger charge is 1.98. The molecule has 0 spiro atoms. The minimum absolute atomic E-state index is 0.852. The Balaban J connectivity index is -0.000000300. The van der Waals surface area contributed by atoms with Crippen molar-refractivity contribution in [3.63, 3.8) is 0 Å². The maximum Gasteiger partial charge on any atom is 0.0319 e. The van der Waals surface area contributed by atoms with Gasteiger partial charge in [0.1, 0.15) is 0 Å². The van der Waals surface area contributed by atoms with Crippen molar-refractivity contribution in [3.05, 3.63) is 388 Å². The van der Waals surface area contributed by atoms with Gasteiger partial charge in [-0.1, -0.05) is 544 Å². The summed E-state index contributed by atoms with van der Waals surface area (Å²) in [5.41, 5.74) is 0. The standard InChI is InChI=1S/8C10H8.C9H20.C6H14.4C3H8.8CH4O/c8*1-2-6-10-8-4-3-7-9(10)5-1;1-8(2)6-5-7-9(3)4;1-5(2)6(3)4;4*1-3-2;8*1-2/h8*1-8H;8-9H,5-7H2,1-4H3;5-6H,1-4H3;4*3H2,1-2H3;8*2H,1H3. The Bertz CT molecular complexity index is 3400. The molecule has 16 aromatic carbocycles. The lowest BCUT2D eigenvalue weighted by Gasteiger charge is -2.05. The van der Waals surface area contributed by atoms with Crippen LogP contribution in [0, 0.1) is 23.7 Å². The fraction of sp³-hybridized carbons (Fsp3) is 0.304. The van der Waals surface area contributed by atoms with Crippen molar-refractivity contribution in [2.24, 2.45) is 23.7 Å². The molecule has 0 aliphatic rings. The van der Waals surface area contributed by atoms with E-state index in [2.05, 4.69) is 499 Å². The Morgan fingerprint density at radius 2 is 0.195 bits per heavy atom. The number of benzene rings is 16. The van der Waals surface area contributed by atoms with Crippen LogP contribution in [0.4, 0.5) is 0 Å². The van der Waals surface area contributed by atoms with Crippen molar-refractivity contribution in [3.8, 4) is 0 Å². The van der Waals surface area contributed by atoms with Crippen LogP contribution in [0.1, 0.15) is 156 Å². The number of aliphatic hydroxyl groups excluding tert-OH is 8. The molecule has 16 aromatic rings. The summed E-state index contributed by atoms with van der Waals surface area (Å²) in [6.07, 6.45) is 9.21. The van der Waals surface area contributed by atoms with Gasteiger partial charge in [-0.25, -0.2) is 0 Å². The van der Waals surface area contributed by atoms with E-state index in [0.717, 1.165) is 80.6 Å². The highest BCUT2D eigenvalue weighted by molar-refractivity contribution is 5.87. The summed E-state index contributed by atoms with van der Waals surface area (Å²) in [4.78, 5) is 0. The van der Waals surface area contributed by atoms with Crippen LogP contribution in [0.25, 0.3) is 86.2 Å². The zero-order chi connectivity index (χ0) is 93.8. The summed E-state index contributed by atoms with van der Waals surface area (Å²) >= 11 is 0. The second-order valence-corrected chi connectivity index (χ2v) is 27.8. The lowest BCUT2D eigenvalue weighted by atomic mass is 10.0. The van der Waals surface area contributed by atoms with E-state index in [1.807, 2.05) is 0 Å². The lowest BCUT2D eigenvalue weighted by molar-refractivity contribution is 0.399. The fourth-order valence-electron chi connectivity index (χ4n) is 10.00. The van der Waals surface area contributed by atoms with Gasteiger partial charge in [-0.3, -0.25) is 0 Å². The van der Waals surface area contributed by atoms with Crippen LogP contribution < -0.4 is 0 Å². The molecule has 0 fully saturated rings. The van der Waals surface area contributed by atoms with Gasteiger partial charge in [-0.2, -0.15) is 0 Å². The van der Waals surface area contributed by atoms with Crippen LogP contribution in [0.5, 0.6) is 0 Å². The predicted molar refractivity (Wildman–Crippen MR) is 554 cm³/mol. The first-order valence-electron chi connectivity index (χ1n) is 43.2. The Hall–Kier alpha value is -10.7. The molecule has 0 radical (unpaired) electrons. The van der Waals surface area contributed by atoms with E-state index in [1.54, 1.807) is 0 Å². The molecule has 0 saturated heterocycles. The third-order valence-electron chi connectivity index (χ3n) is 16.2. The average molecular weight is 1670 g/mol. The first kappa shape index (κ1) is 123. The molecule has 0 aliphatic carbocycles. The molecule has 8 nitrogen and oxygen atoms in total. The summed E-state index contributed by atoms with van der Waals surface area (Å²) in [6.45, 7) is 35.1. The van der Waals surface area contributed by atoms with Gasteiger partial charge < -0.3 is 40.9 Å². The Morgan fingerprint density at radius 3 is 0.236 bits per heavy atom. The summed E-state index contributed by atoms with van der Waals surface area (Å²) in [7, 11) is 8.00. The quantitative estimate of drug-likeness (QED) is 0.0845. The number of rotatable bonds is 5. The maximum atomic E-state index is 7.00. The van der Waals surface area contributed by atoms with Gasteiger partial charge in [0.2, 0.25) is 0 Å². The molecule has 16 rings (SSSR count). The molecule has 0 unspecified atom stereocenters. The summed E-state index contributed by atoms with van der Waals surface area (Å²) < 4.78 is 0. The van der Waals surface area contributed by atoms with E-state index in [9.17, 15) is 0 Å². The van der Waals surface area contributed by atoms with Gasteiger partial charge in [-0.15, -0.1) is 0 Å². The van der Waals surface area contributed by atoms with Crippen molar-refractivity contribution in [2.75, 3.05) is 56.9 Å². The number of aliphatic hydroxyl groups is 8. The van der Waals surface area contributed by atoms with Crippen molar-refractivity contribution in [1.29, 1.82) is 0 Å². The minimum atomic E-state index is 0.852. The van der Waals surface area contributed by atoms with Gasteiger partial charge in [0.25, 0.3) is 0 Å². The first-order chi connectivity index (χ1) is 60.2. The zero-order valence-corrected chi connectivity index (χ0v) is 79.8. The molecule has 0 amide bonds. The zero-order valence-electron chi connectivity index (χ0n) is 79.8. The smallest absolute Gasteiger partial charge is 0.0319 e. The monoisotopic (exact) mass is 1670 g/mol. The Morgan fingerprint density at radius 1 is 0.138 bits per heavy atom. The van der Waals surface area contributed by atoms with Gasteiger partial charge in [0.15, 0.2) is 0 Å². The molecule has 0 aromatic heterocycles. The molecule has 8 N–H and O–H groups in total. The van der Waals surface area contributed by atoms with Gasteiger partial charge in [0.05, 0.1) is 0 Å². The van der Waals surface area contributed by atoms with E-state index >= 15 is 0 Å². The van der Waals surface area contributed by atoms with E-state index in [4.69, 9.17) is 40.9 Å². The predicted octanol–water partition coefficient (Wildman–Crippen LogP) is 31.0. The number of hydrogen-bond donors (Lipinski definition) is 8. The van der Waals surface area contributed by atoms with Crippen molar-refractivity contribution in [2.45, 2.75) is 156 Å². The van der Waals surface area contributed by atoms with E-state index in [-0.39, 0.29) is 0 Å². The van der Waals surface area contributed by atoms with Crippen LogP contribution in [-0.2, 0) is 0 Å². The van der Waals surface area contributed by atoms with Gasteiger partial charge in [-0.05, 0) is 110 Å². The minimum Gasteiger partial charge on any atom is -0.400 e. The third kappa shape index (κ3) is 64.7. The Labute approximate surface area is 747 Å². The lowest BCUT2D eigenvalue weighted by Crippen LogP contribution is -1.95. The normalized spacial score (nSPS) is 8.85. The fourth-order valence-corrected chi connectivity index (χ4v) is 10.00. The van der Waals surface area contributed by atoms with Crippen LogP contribution in [0.2, 0.25) is 0 Å². The molecule has 0 atom stereocenters. The molecule has 0 saturated carbocycles. The second kappa shape index (κ2) is 93.5. The molecule has 670 valence electrons. The van der Waals surface area contributed by atoms with Crippen molar-refractivity contribution in [1.82, 2.24) is 0 Å². The SMILES string of the molecule is CC(C)C(C)C.CC(C)CCCC(C)C.CCC.CCC.CCC.CCC.CO.CO.CO.CO.CO.CO.CO.CO.c1ccc2ccccc2c1.c1ccc2ccccc2c1.c1ccc2ccccc2c1.c1ccc2ccccc2c1.c1ccc2ccccc2c1.c1ccc2ccccc2c1.c1ccc2ccccc2c1.c1ccc2ccccc2c1. The molecule has 0 bridgehead atoms. The topological polar surface area (TPSA) is 162 Å². The van der Waals surface area contributed by atoms with Crippen LogP contribution >= 0.6 is 0 Å². The van der Waals surface area contributed by atoms with Crippen LogP contribution in [0.15, 0.2) is 388 Å². The average Bonchev–Trinajstić information content (AvgIpc) is 0.932. The molecular weight excluding hydrogens is 1510 g/mol. The molecular formula is C115H162O8. The van der Waals surface area contributed by atoms with E-state index in [1.165, 1.54) is 131 Å². The molecule has 123 heavy (non-hydrogen) atoms. The van der Waals surface area contributed by atoms with Crippen molar-refractivity contribution >= 4 is 86.2 Å². The number of fused-ring (bicyclic) bond motifs is 8. The largest absolute Gasteiger partial charge is 0.400 e. The molecule has 0 aliphatic heterocycles. The van der Waals surface area contributed by atoms with Crippen LogP contribution in [0.3, 0.4) is 0 Å². The Kier molecular flexibility index (Phi) is 93.6. The highest BCUT2D eigenvalue weighted by Crippen LogP contribution is 2.18. The third-order valence-corrected chi connectivity index (χ3v) is 16.2. The molecule has 0 heterocycles. The van der Waals surface area contributed by atoms with E-state index < -0.39 is 0 Å². The molecule has 8 heteroatoms. The highest BCUT2D eigenvalue weighted by atomic mass is 16.2. The summed E-state index contributed by atoms with van der Waals surface area (Å²) in [6, 6.07) is 134. The number of hydrogen-bond acceptors (Lipinski definition) is 8. The maximum absolute atomic E-state index is 7.00. The van der Waals surface area contributed by atoms with Gasteiger partial charge >= 0.3 is 0 Å². The first-order valence-corrected chi connectivity index (χ1v) is 43.2. The summed E-state index contributed by atoms with van der Waals surface area (Å²) in [5, 5.41) is 77.0. The second-order valence-electron chi connectivity index (χ2n) is 27.8. The van der Waals surface area contributed by atoms with Gasteiger partial charge in [0, 0.05) is 56.9 Å². The van der Waals surface area contributed by atoms with Crippen molar-refractivity contribution < 1.29 is 40.9 Å². The summed E-state index contributed by atoms with van der Waals surface area (Å²) in [5.74, 6) is 3.49. The van der Waals surface area contributed by atoms with E-state index in [0.29, 0.717) is 0 Å².